The fraction of sp³-hybridized carbons (Fsp3) is 0.850. The van der Waals surface area contributed by atoms with E-state index in [1.54, 1.807) is 6.92 Å². The lowest BCUT2D eigenvalue weighted by Crippen LogP contribution is -2.18. The van der Waals surface area contributed by atoms with Crippen LogP contribution in [-0.2, 0) is 4.79 Å². The van der Waals surface area contributed by atoms with Crippen molar-refractivity contribution in [3.63, 3.8) is 0 Å². The van der Waals surface area contributed by atoms with Crippen molar-refractivity contribution in [2.24, 2.45) is 17.8 Å². The van der Waals surface area contributed by atoms with Gasteiger partial charge in [-0.3, -0.25) is 0 Å². The number of ketones is 1. The van der Waals surface area contributed by atoms with E-state index < -0.39 is 0 Å². The van der Waals surface area contributed by atoms with Gasteiger partial charge in [0.15, 0.2) is 0 Å². The molecule has 0 saturated carbocycles. The average molecular weight is 310 g/mol. The molecule has 1 aliphatic carbocycles. The molecule has 3 atom stereocenters. The van der Waals surface area contributed by atoms with Gasteiger partial charge in [0.25, 0.3) is 0 Å². The topological polar surface area (TPSA) is 20.3 Å². The lowest BCUT2D eigenvalue weighted by molar-refractivity contribution is -0.118. The van der Waals surface area contributed by atoms with Gasteiger partial charge >= 0.3 is 0 Å². The Balaban J connectivity index is 0.000000980. The van der Waals surface area contributed by atoms with E-state index in [0.717, 1.165) is 18.3 Å². The maximum atomic E-state index is 11.4. The average Bonchev–Trinajstić information content (AvgIpc) is 2.39. The number of nitrogens with zero attached hydrogens (tertiary/aromatic N) is 1. The first-order valence-corrected chi connectivity index (χ1v) is 9.02. The summed E-state index contributed by atoms with van der Waals surface area (Å²) in [5.41, 5.74) is 1.52. The predicted molar refractivity (Wildman–Crippen MR) is 98.2 cm³/mol. The zero-order chi connectivity index (χ0) is 17.1. The third kappa shape index (κ3) is 11.0. The Hall–Kier alpha value is -0.630. The van der Waals surface area contributed by atoms with Crippen LogP contribution in [0.15, 0.2) is 11.6 Å². The summed E-state index contributed by atoms with van der Waals surface area (Å²) in [6.45, 7) is 8.68. The molecule has 130 valence electrons. The number of hydrogen-bond acceptors (Lipinski definition) is 2. The number of carbonyl (C=O) groups is 1. The summed E-state index contributed by atoms with van der Waals surface area (Å²) in [7, 11) is 6.00. The fourth-order valence-corrected chi connectivity index (χ4v) is 3.30. The first-order chi connectivity index (χ1) is 10.3. The molecule has 0 amide bonds. The van der Waals surface area contributed by atoms with Gasteiger partial charge in [0.1, 0.15) is 5.78 Å². The Morgan fingerprint density at radius 1 is 1.27 bits per heavy atom. The maximum Gasteiger partial charge on any atom is 0.130 e. The van der Waals surface area contributed by atoms with E-state index in [-0.39, 0.29) is 0 Å². The van der Waals surface area contributed by atoms with Gasteiger partial charge in [-0.1, -0.05) is 31.9 Å². The van der Waals surface area contributed by atoms with E-state index in [1.165, 1.54) is 44.1 Å². The van der Waals surface area contributed by atoms with Gasteiger partial charge < -0.3 is 9.69 Å². The molecule has 3 unspecified atom stereocenters. The van der Waals surface area contributed by atoms with Crippen LogP contribution in [0.5, 0.6) is 0 Å². The largest absolute Gasteiger partial charge is 0.312 e. The van der Waals surface area contributed by atoms with Gasteiger partial charge in [-0.2, -0.15) is 0 Å². The Bertz CT molecular complexity index is 330. The minimum Gasteiger partial charge on any atom is -0.312 e. The van der Waals surface area contributed by atoms with Crippen LogP contribution in [0.25, 0.3) is 0 Å². The zero-order valence-corrected chi connectivity index (χ0v) is 16.1. The molecular formula is C20H39NO. The molecule has 0 aromatic carbocycles. The molecule has 1 aliphatic rings. The maximum absolute atomic E-state index is 11.4. The van der Waals surface area contributed by atoms with Crippen molar-refractivity contribution in [2.45, 2.75) is 72.6 Å². The lowest BCUT2D eigenvalue weighted by atomic mass is 9.77. The van der Waals surface area contributed by atoms with Crippen molar-refractivity contribution in [3.8, 4) is 0 Å². The number of carbonyl (C=O) groups excluding carboxylic acids is 1. The van der Waals surface area contributed by atoms with Crippen LogP contribution in [-0.4, -0.2) is 31.8 Å². The SMILES string of the molecule is CCC1CC(CC(C)=O)CC/C(C)=C/CCC1C.CN(C)C. The van der Waals surface area contributed by atoms with E-state index >= 15 is 0 Å². The summed E-state index contributed by atoms with van der Waals surface area (Å²) >= 11 is 0. The smallest absolute Gasteiger partial charge is 0.130 e. The minimum absolute atomic E-state index is 0.362. The van der Waals surface area contributed by atoms with Crippen LogP contribution in [0.4, 0.5) is 0 Å². The van der Waals surface area contributed by atoms with Gasteiger partial charge in [-0.05, 0) is 84.8 Å². The molecule has 2 nitrogen and oxygen atoms in total. The van der Waals surface area contributed by atoms with Crippen LogP contribution >= 0.6 is 0 Å². The molecule has 0 spiro atoms. The Labute approximate surface area is 139 Å². The molecule has 0 aliphatic heterocycles. The molecule has 0 aromatic heterocycles. The van der Waals surface area contributed by atoms with Gasteiger partial charge in [-0.15, -0.1) is 0 Å². The number of allylic oxidation sites excluding steroid dienone is 2. The minimum atomic E-state index is 0.362. The highest BCUT2D eigenvalue weighted by Gasteiger charge is 2.22. The van der Waals surface area contributed by atoms with E-state index in [2.05, 4.69) is 26.8 Å². The Morgan fingerprint density at radius 3 is 2.36 bits per heavy atom. The second-order valence-electron chi connectivity index (χ2n) is 7.66. The summed E-state index contributed by atoms with van der Waals surface area (Å²) in [5, 5.41) is 0. The highest BCUT2D eigenvalue weighted by atomic mass is 16.1. The number of Topliss-reactive ketones (excluding diaryl/α,β-unsaturated/α-hetero) is 1. The summed E-state index contributed by atoms with van der Waals surface area (Å²) in [6.07, 6.45) is 10.6. The molecule has 0 aromatic rings. The molecule has 1 rings (SSSR count). The number of hydrogen-bond donors (Lipinski definition) is 0. The normalized spacial score (nSPS) is 29.1. The van der Waals surface area contributed by atoms with Gasteiger partial charge in [0, 0.05) is 6.42 Å². The molecule has 0 radical (unpaired) electrons. The highest BCUT2D eigenvalue weighted by molar-refractivity contribution is 5.75. The molecule has 2 heteroatoms. The van der Waals surface area contributed by atoms with Crippen molar-refractivity contribution in [3.05, 3.63) is 11.6 Å². The Morgan fingerprint density at radius 2 is 1.86 bits per heavy atom. The van der Waals surface area contributed by atoms with Crippen molar-refractivity contribution < 1.29 is 4.79 Å². The highest BCUT2D eigenvalue weighted by Crippen LogP contribution is 2.32. The first-order valence-electron chi connectivity index (χ1n) is 9.02. The van der Waals surface area contributed by atoms with Crippen molar-refractivity contribution in [1.29, 1.82) is 0 Å². The molecule has 0 N–H and O–H groups in total. The molecule has 0 fully saturated rings. The van der Waals surface area contributed by atoms with Gasteiger partial charge in [0.2, 0.25) is 0 Å². The van der Waals surface area contributed by atoms with Crippen LogP contribution in [0.2, 0.25) is 0 Å². The summed E-state index contributed by atoms with van der Waals surface area (Å²) in [4.78, 5) is 13.4. The molecule has 22 heavy (non-hydrogen) atoms. The number of rotatable bonds is 3. The fourth-order valence-electron chi connectivity index (χ4n) is 3.30. The van der Waals surface area contributed by atoms with E-state index in [9.17, 15) is 4.79 Å². The monoisotopic (exact) mass is 309 g/mol. The zero-order valence-electron chi connectivity index (χ0n) is 16.1. The molecule has 0 saturated heterocycles. The Kier molecular flexibility index (Phi) is 11.5. The third-order valence-corrected chi connectivity index (χ3v) is 4.60. The van der Waals surface area contributed by atoms with Crippen LogP contribution in [0.3, 0.4) is 0 Å². The van der Waals surface area contributed by atoms with E-state index in [0.29, 0.717) is 11.7 Å². The molecule has 0 heterocycles. The predicted octanol–water partition coefficient (Wildman–Crippen LogP) is 5.33. The van der Waals surface area contributed by atoms with Crippen LogP contribution in [0.1, 0.15) is 72.6 Å². The van der Waals surface area contributed by atoms with E-state index in [1.807, 2.05) is 26.0 Å². The van der Waals surface area contributed by atoms with Gasteiger partial charge in [0.05, 0.1) is 0 Å². The second-order valence-corrected chi connectivity index (χ2v) is 7.66. The standard InChI is InChI=1S/C17H30O.C3H9N/c1-5-17-12-16(11-15(4)18)10-9-13(2)7-6-8-14(17)3;1-4(2)3/h7,14,16-17H,5-6,8-12H2,1-4H3;1-3H3/b13-7+;. The van der Waals surface area contributed by atoms with Crippen molar-refractivity contribution >= 4 is 5.78 Å². The van der Waals surface area contributed by atoms with Crippen LogP contribution < -0.4 is 0 Å². The quantitative estimate of drug-likeness (QED) is 0.656. The summed E-state index contributed by atoms with van der Waals surface area (Å²) < 4.78 is 0. The van der Waals surface area contributed by atoms with E-state index in [4.69, 9.17) is 0 Å². The lowest BCUT2D eigenvalue weighted by Gasteiger charge is -2.28. The van der Waals surface area contributed by atoms with Crippen LogP contribution in [0, 0.1) is 17.8 Å². The van der Waals surface area contributed by atoms with Gasteiger partial charge in [-0.25, -0.2) is 0 Å². The third-order valence-electron chi connectivity index (χ3n) is 4.60. The summed E-state index contributed by atoms with van der Waals surface area (Å²) in [5.74, 6) is 2.57. The second kappa shape index (κ2) is 11.9. The molecule has 0 bridgehead atoms. The van der Waals surface area contributed by atoms with Crippen molar-refractivity contribution in [2.75, 3.05) is 21.1 Å². The molecular weight excluding hydrogens is 270 g/mol. The first kappa shape index (κ1) is 21.4. The summed E-state index contributed by atoms with van der Waals surface area (Å²) in [6, 6.07) is 0. The van der Waals surface area contributed by atoms with Crippen molar-refractivity contribution in [1.82, 2.24) is 4.90 Å².